The Morgan fingerprint density at radius 2 is 0.823 bits per heavy atom. The first-order valence-electron chi connectivity index (χ1n) is 20.4. The number of hydrogen-bond acceptors (Lipinski definition) is 6. The summed E-state index contributed by atoms with van der Waals surface area (Å²) >= 11 is 0. The average molecular weight is 805 g/mol. The van der Waals surface area contributed by atoms with Crippen LogP contribution in [0.2, 0.25) is 0 Å². The van der Waals surface area contributed by atoms with Crippen LogP contribution < -0.4 is 9.47 Å². The molecule has 0 unspecified atom stereocenters. The highest BCUT2D eigenvalue weighted by Crippen LogP contribution is 2.43. The molecule has 0 spiro atoms. The maximum Gasteiger partial charge on any atom is 0.140 e. The molecule has 0 N–H and O–H groups in total. The van der Waals surface area contributed by atoms with E-state index >= 15 is 0 Å². The second kappa shape index (κ2) is 14.1. The van der Waals surface area contributed by atoms with Crippen LogP contribution in [0.15, 0.2) is 182 Å². The molecule has 10 nitrogen and oxygen atoms in total. The molecule has 0 saturated carbocycles. The first-order chi connectivity index (χ1) is 30.6. The summed E-state index contributed by atoms with van der Waals surface area (Å²) in [5.74, 6) is 6.14. The third kappa shape index (κ3) is 5.72. The smallest absolute Gasteiger partial charge is 0.140 e. The molecule has 0 aliphatic heterocycles. The Morgan fingerprint density at radius 1 is 0.387 bits per heavy atom. The van der Waals surface area contributed by atoms with Crippen molar-refractivity contribution >= 4 is 54.9 Å². The molecule has 0 aliphatic carbocycles. The quantitative estimate of drug-likeness (QED) is 0.152. The summed E-state index contributed by atoms with van der Waals surface area (Å²) in [5.41, 5.74) is 9.89. The van der Waals surface area contributed by atoms with Crippen LogP contribution in [0.3, 0.4) is 0 Å². The number of fused-ring (bicyclic) bond motifs is 7. The lowest BCUT2D eigenvalue weighted by molar-refractivity contribution is 0.483. The monoisotopic (exact) mass is 804 g/mol. The third-order valence-electron chi connectivity index (χ3n) is 11.6. The van der Waals surface area contributed by atoms with Crippen LogP contribution in [0.5, 0.6) is 23.0 Å². The zero-order valence-corrected chi connectivity index (χ0v) is 33.7. The normalized spacial score (nSPS) is 11.7. The van der Waals surface area contributed by atoms with Gasteiger partial charge in [-0.05, 0) is 97.1 Å². The summed E-state index contributed by atoms with van der Waals surface area (Å²) in [5, 5.41) is 2.04. The number of nitrogens with zero attached hydrogens (tertiary/aromatic N) is 8. The SMILES string of the molecule is Cn1c(-c2cccc(Oc3ccc4c(c3)n(-c3ccccn3)c3c5ccc(Oc6cccc(-c7nc8ccccc8n7C)c6)cc5n(-c5ccccn5)c43)c2)nc2ccccc21. The number of hydrogen-bond donors (Lipinski definition) is 0. The van der Waals surface area contributed by atoms with E-state index < -0.39 is 0 Å². The summed E-state index contributed by atoms with van der Waals surface area (Å²) in [6, 6.07) is 57.0. The van der Waals surface area contributed by atoms with Gasteiger partial charge in [0.15, 0.2) is 0 Å². The summed E-state index contributed by atoms with van der Waals surface area (Å²) in [6.07, 6.45) is 3.65. The Labute approximate surface area is 355 Å². The van der Waals surface area contributed by atoms with Gasteiger partial charge in [-0.3, -0.25) is 9.13 Å². The number of rotatable bonds is 8. The summed E-state index contributed by atoms with van der Waals surface area (Å²) in [6.45, 7) is 0. The number of imidazole rings is 2. The first kappa shape index (κ1) is 35.4. The maximum atomic E-state index is 6.65. The largest absolute Gasteiger partial charge is 0.457 e. The average Bonchev–Trinajstić information content (AvgIpc) is 4.04. The molecule has 296 valence electrons. The number of aromatic nitrogens is 8. The van der Waals surface area contributed by atoms with E-state index in [-0.39, 0.29) is 0 Å². The van der Waals surface area contributed by atoms with Crippen LogP contribution in [0.4, 0.5) is 0 Å². The van der Waals surface area contributed by atoms with Crippen molar-refractivity contribution in [2.24, 2.45) is 14.1 Å². The topological polar surface area (TPSA) is 89.7 Å². The van der Waals surface area contributed by atoms with Crippen molar-refractivity contribution in [3.05, 3.63) is 182 Å². The second-order valence-electron chi connectivity index (χ2n) is 15.3. The summed E-state index contributed by atoms with van der Waals surface area (Å²) in [7, 11) is 4.09. The van der Waals surface area contributed by atoms with Gasteiger partial charge in [-0.15, -0.1) is 0 Å². The van der Waals surface area contributed by atoms with Gasteiger partial charge < -0.3 is 18.6 Å². The Balaban J connectivity index is 0.986. The van der Waals surface area contributed by atoms with Crippen LogP contribution in [0.1, 0.15) is 0 Å². The zero-order chi connectivity index (χ0) is 41.3. The van der Waals surface area contributed by atoms with Crippen molar-refractivity contribution in [3.63, 3.8) is 0 Å². The van der Waals surface area contributed by atoms with E-state index in [2.05, 4.69) is 66.8 Å². The van der Waals surface area contributed by atoms with E-state index in [1.807, 2.05) is 148 Å². The van der Waals surface area contributed by atoms with Crippen LogP contribution in [0, 0.1) is 0 Å². The van der Waals surface area contributed by atoms with Crippen LogP contribution in [-0.2, 0) is 14.1 Å². The lowest BCUT2D eigenvalue weighted by Gasteiger charge is -2.12. The van der Waals surface area contributed by atoms with E-state index in [1.165, 1.54) is 0 Å². The predicted molar refractivity (Wildman–Crippen MR) is 246 cm³/mol. The highest BCUT2D eigenvalue weighted by Gasteiger charge is 2.24. The minimum absolute atomic E-state index is 0.697. The van der Waals surface area contributed by atoms with Gasteiger partial charge in [0.25, 0.3) is 0 Å². The summed E-state index contributed by atoms with van der Waals surface area (Å²) < 4.78 is 22.0. The highest BCUT2D eigenvalue weighted by atomic mass is 16.5. The van der Waals surface area contributed by atoms with Crippen molar-refractivity contribution in [3.8, 4) is 57.4 Å². The van der Waals surface area contributed by atoms with Crippen molar-refractivity contribution < 1.29 is 9.47 Å². The maximum absolute atomic E-state index is 6.65. The Morgan fingerprint density at radius 3 is 1.26 bits per heavy atom. The Kier molecular flexibility index (Phi) is 8.04. The molecule has 6 aromatic carbocycles. The highest BCUT2D eigenvalue weighted by molar-refractivity contribution is 6.20. The molecule has 12 rings (SSSR count). The Hall–Kier alpha value is -8.50. The first-order valence-corrected chi connectivity index (χ1v) is 20.4. The van der Waals surface area contributed by atoms with Crippen LogP contribution in [0.25, 0.3) is 89.3 Å². The lowest BCUT2D eigenvalue weighted by Crippen LogP contribution is -1.97. The molecule has 0 aliphatic rings. The number of aryl methyl sites for hydroxylation is 2. The molecular formula is C52H36N8O2. The van der Waals surface area contributed by atoms with Gasteiger partial charge in [0.1, 0.15) is 46.3 Å². The lowest BCUT2D eigenvalue weighted by atomic mass is 10.2. The van der Waals surface area contributed by atoms with Gasteiger partial charge in [-0.1, -0.05) is 60.7 Å². The van der Waals surface area contributed by atoms with Gasteiger partial charge in [0, 0.05) is 60.5 Å². The molecule has 0 saturated heterocycles. The van der Waals surface area contributed by atoms with Gasteiger partial charge in [-0.2, -0.15) is 0 Å². The minimum Gasteiger partial charge on any atom is -0.457 e. The molecule has 0 bridgehead atoms. The fourth-order valence-corrected chi connectivity index (χ4v) is 8.79. The van der Waals surface area contributed by atoms with Gasteiger partial charge in [-0.25, -0.2) is 19.9 Å². The molecule has 12 aromatic rings. The third-order valence-corrected chi connectivity index (χ3v) is 11.6. The molecule has 0 atom stereocenters. The molecule has 10 heteroatoms. The number of para-hydroxylation sites is 4. The Bertz CT molecular complexity index is 3430. The van der Waals surface area contributed by atoms with Crippen molar-refractivity contribution in [2.75, 3.05) is 0 Å². The van der Waals surface area contributed by atoms with E-state index in [0.717, 1.165) is 89.3 Å². The molecule has 0 fully saturated rings. The second-order valence-corrected chi connectivity index (χ2v) is 15.3. The van der Waals surface area contributed by atoms with E-state index in [4.69, 9.17) is 29.4 Å². The standard InChI is InChI=1S/C52H36N8O2/c1-57-43-19-5-3-17-41(43)55-51(57)33-13-11-15-35(29-33)61-37-23-25-39-45(31-37)59(47-21-7-9-27-53-47)50-40-26-24-38(32-46(40)60(49(39)50)48-22-8-10-28-54-48)62-36-16-12-14-34(30-36)52-56-42-18-4-6-20-44(42)58(52)2/h3-32H,1-2H3. The van der Waals surface area contributed by atoms with Gasteiger partial charge in [0.2, 0.25) is 0 Å². The number of ether oxygens (including phenoxy) is 2. The van der Waals surface area contributed by atoms with E-state index in [0.29, 0.717) is 23.0 Å². The molecule has 0 amide bonds. The number of pyridine rings is 2. The molecule has 6 heterocycles. The fourth-order valence-electron chi connectivity index (χ4n) is 8.79. The molecular weight excluding hydrogens is 769 g/mol. The van der Waals surface area contributed by atoms with E-state index in [9.17, 15) is 0 Å². The predicted octanol–water partition coefficient (Wildman–Crippen LogP) is 12.2. The van der Waals surface area contributed by atoms with Crippen molar-refractivity contribution in [1.29, 1.82) is 0 Å². The summed E-state index contributed by atoms with van der Waals surface area (Å²) in [4.78, 5) is 19.6. The van der Waals surface area contributed by atoms with Crippen molar-refractivity contribution in [1.82, 2.24) is 38.2 Å². The zero-order valence-electron chi connectivity index (χ0n) is 33.7. The molecule has 62 heavy (non-hydrogen) atoms. The van der Waals surface area contributed by atoms with Gasteiger partial charge >= 0.3 is 0 Å². The minimum atomic E-state index is 0.697. The molecule has 0 radical (unpaired) electrons. The van der Waals surface area contributed by atoms with Crippen molar-refractivity contribution in [2.45, 2.75) is 0 Å². The molecule has 6 aromatic heterocycles. The van der Waals surface area contributed by atoms with E-state index in [1.54, 1.807) is 0 Å². The van der Waals surface area contributed by atoms with Gasteiger partial charge in [0.05, 0.1) is 44.1 Å². The number of benzene rings is 6. The van der Waals surface area contributed by atoms with Crippen LogP contribution in [-0.4, -0.2) is 38.2 Å². The fraction of sp³-hybridized carbons (Fsp3) is 0.0385. The van der Waals surface area contributed by atoms with Crippen LogP contribution >= 0.6 is 0 Å².